The number of carbonyl (C=O) groups excluding carboxylic acids is 2. The van der Waals surface area contributed by atoms with Crippen LogP contribution >= 0.6 is 0 Å². The molecule has 5 nitrogen and oxygen atoms in total. The molecule has 0 saturated carbocycles. The molecule has 1 aliphatic heterocycles. The summed E-state index contributed by atoms with van der Waals surface area (Å²) in [5.41, 5.74) is 1.14. The average Bonchev–Trinajstić information content (AvgIpc) is 2.39. The monoisotopic (exact) mass is 278 g/mol. The predicted molar refractivity (Wildman–Crippen MR) is 77.3 cm³/mol. The molecule has 0 spiro atoms. The summed E-state index contributed by atoms with van der Waals surface area (Å²) in [4.78, 5) is 22.6. The molecular weight excluding hydrogens is 256 g/mol. The van der Waals surface area contributed by atoms with E-state index in [-0.39, 0.29) is 12.1 Å². The van der Waals surface area contributed by atoms with Gasteiger partial charge in [-0.2, -0.15) is 0 Å². The third-order valence-corrected chi connectivity index (χ3v) is 3.02. The van der Waals surface area contributed by atoms with Crippen molar-refractivity contribution in [3.8, 4) is 0 Å². The topological polar surface area (TPSA) is 58.6 Å². The van der Waals surface area contributed by atoms with E-state index >= 15 is 0 Å². The Morgan fingerprint density at radius 1 is 1.40 bits per heavy atom. The average molecular weight is 278 g/mol. The zero-order valence-corrected chi connectivity index (χ0v) is 12.0. The van der Waals surface area contributed by atoms with Crippen LogP contribution in [0.1, 0.15) is 31.9 Å². The molecule has 2 rings (SSSR count). The van der Waals surface area contributed by atoms with Gasteiger partial charge in [0.05, 0.1) is 12.6 Å². The van der Waals surface area contributed by atoms with Gasteiger partial charge < -0.3 is 15.0 Å². The molecule has 0 bridgehead atoms. The summed E-state index contributed by atoms with van der Waals surface area (Å²) in [5, 5.41) is 2.99. The van der Waals surface area contributed by atoms with Gasteiger partial charge >= 0.3 is 6.03 Å². The first-order valence-corrected chi connectivity index (χ1v) is 6.84. The third kappa shape index (κ3) is 5.30. The largest absolute Gasteiger partial charge is 0.468 e. The van der Waals surface area contributed by atoms with Crippen LogP contribution in [0.15, 0.2) is 30.3 Å². The molecule has 0 unspecified atom stereocenters. The van der Waals surface area contributed by atoms with Crippen LogP contribution in [0.5, 0.6) is 0 Å². The lowest BCUT2D eigenvalue weighted by molar-refractivity contribution is -0.128. The van der Waals surface area contributed by atoms with Crippen LogP contribution in [0.25, 0.3) is 0 Å². The molecule has 1 fully saturated rings. The van der Waals surface area contributed by atoms with Crippen LogP contribution < -0.4 is 5.32 Å². The van der Waals surface area contributed by atoms with Gasteiger partial charge in [-0.15, -0.1) is 0 Å². The first kappa shape index (κ1) is 16.0. The second kappa shape index (κ2) is 8.96. The Hall–Kier alpha value is -2.04. The second-order valence-electron chi connectivity index (χ2n) is 4.47. The van der Waals surface area contributed by atoms with Gasteiger partial charge in [0, 0.05) is 13.1 Å². The minimum Gasteiger partial charge on any atom is -0.468 e. The van der Waals surface area contributed by atoms with Crippen molar-refractivity contribution in [3.05, 3.63) is 35.9 Å². The van der Waals surface area contributed by atoms with Crippen LogP contribution in [-0.4, -0.2) is 37.1 Å². The Kier molecular flexibility index (Phi) is 7.17. The van der Waals surface area contributed by atoms with Gasteiger partial charge in [0.25, 0.3) is 6.47 Å². The molecule has 5 heteroatoms. The van der Waals surface area contributed by atoms with Crippen molar-refractivity contribution in [2.24, 2.45) is 0 Å². The number of rotatable bonds is 4. The van der Waals surface area contributed by atoms with Crippen molar-refractivity contribution >= 4 is 12.5 Å². The number of benzene rings is 1. The van der Waals surface area contributed by atoms with Crippen molar-refractivity contribution in [2.75, 3.05) is 19.7 Å². The normalized spacial score (nSPS) is 14.2. The summed E-state index contributed by atoms with van der Waals surface area (Å²) >= 11 is 0. The molecule has 20 heavy (non-hydrogen) atoms. The molecular formula is C15H22N2O3. The summed E-state index contributed by atoms with van der Waals surface area (Å²) in [7, 11) is 0. The van der Waals surface area contributed by atoms with E-state index in [1.54, 1.807) is 6.92 Å². The summed E-state index contributed by atoms with van der Waals surface area (Å²) in [6.07, 6.45) is 1.13. The lowest BCUT2D eigenvalue weighted by Crippen LogP contribution is -2.48. The minimum absolute atomic E-state index is 0.0533. The Morgan fingerprint density at radius 3 is 2.45 bits per heavy atom. The molecule has 1 aromatic rings. The van der Waals surface area contributed by atoms with E-state index < -0.39 is 0 Å². The highest BCUT2D eigenvalue weighted by atomic mass is 16.5. The van der Waals surface area contributed by atoms with E-state index in [2.05, 4.69) is 10.1 Å². The van der Waals surface area contributed by atoms with Crippen LogP contribution in [0.3, 0.4) is 0 Å². The van der Waals surface area contributed by atoms with Crippen molar-refractivity contribution in [3.63, 3.8) is 0 Å². The first-order chi connectivity index (χ1) is 9.69. The van der Waals surface area contributed by atoms with Crippen molar-refractivity contribution < 1.29 is 14.3 Å². The van der Waals surface area contributed by atoms with Crippen LogP contribution in [0.4, 0.5) is 4.79 Å². The fourth-order valence-electron chi connectivity index (χ4n) is 1.69. The van der Waals surface area contributed by atoms with E-state index in [0.29, 0.717) is 13.1 Å². The molecule has 1 heterocycles. The van der Waals surface area contributed by atoms with Crippen LogP contribution in [0, 0.1) is 0 Å². The molecule has 1 aromatic carbocycles. The number of carbonyl (C=O) groups is 2. The molecule has 1 aliphatic rings. The Morgan fingerprint density at radius 2 is 2.05 bits per heavy atom. The van der Waals surface area contributed by atoms with Crippen molar-refractivity contribution in [1.82, 2.24) is 10.2 Å². The fraction of sp³-hybridized carbons (Fsp3) is 0.467. The number of ether oxygens (including phenoxy) is 1. The number of nitrogens with zero attached hydrogens (tertiary/aromatic N) is 1. The highest BCUT2D eigenvalue weighted by Gasteiger charge is 2.21. The quantitative estimate of drug-likeness (QED) is 0.860. The lowest BCUT2D eigenvalue weighted by atomic mass is 10.1. The number of nitrogens with one attached hydrogen (secondary N) is 1. The third-order valence-electron chi connectivity index (χ3n) is 3.02. The maximum absolute atomic E-state index is 11.6. The van der Waals surface area contributed by atoms with Crippen molar-refractivity contribution in [2.45, 2.75) is 26.3 Å². The summed E-state index contributed by atoms with van der Waals surface area (Å²) < 4.78 is 4.15. The lowest BCUT2D eigenvalue weighted by Gasteiger charge is -2.32. The maximum atomic E-state index is 11.6. The van der Waals surface area contributed by atoms with Gasteiger partial charge in [0.2, 0.25) is 0 Å². The van der Waals surface area contributed by atoms with Gasteiger partial charge in [-0.1, -0.05) is 30.3 Å². The number of urea groups is 1. The Bertz CT molecular complexity index is 405. The van der Waals surface area contributed by atoms with Gasteiger partial charge in [0.15, 0.2) is 0 Å². The summed E-state index contributed by atoms with van der Waals surface area (Å²) in [5.74, 6) is 0. The van der Waals surface area contributed by atoms with Gasteiger partial charge in [-0.05, 0) is 25.8 Å². The number of likely N-dealkylation sites (tertiary alicyclic amines) is 1. The SMILES string of the molecule is CCOC=O.C[C@@H](NC(=O)N1CCC1)c1ccccc1. The standard InChI is InChI=1S/C12H16N2O.C3H6O2/c1-10(11-6-3-2-4-7-11)13-12(15)14-8-5-9-14;1-2-5-3-4/h2-4,6-7,10H,5,8-9H2,1H3,(H,13,15);3H,2H2,1H3/t10-;/m1./s1. The Balaban J connectivity index is 0.000000347. The fourth-order valence-corrected chi connectivity index (χ4v) is 1.69. The minimum atomic E-state index is 0.0533. The molecule has 0 aliphatic carbocycles. The first-order valence-electron chi connectivity index (χ1n) is 6.84. The van der Waals surface area contributed by atoms with E-state index in [4.69, 9.17) is 0 Å². The highest BCUT2D eigenvalue weighted by molar-refractivity contribution is 5.75. The second-order valence-corrected chi connectivity index (χ2v) is 4.47. The summed E-state index contributed by atoms with van der Waals surface area (Å²) in [6, 6.07) is 10.1. The van der Waals surface area contributed by atoms with E-state index in [9.17, 15) is 9.59 Å². The number of amides is 2. The van der Waals surface area contributed by atoms with E-state index in [1.807, 2.05) is 42.2 Å². The molecule has 1 saturated heterocycles. The smallest absolute Gasteiger partial charge is 0.317 e. The van der Waals surface area contributed by atoms with Crippen LogP contribution in [-0.2, 0) is 9.53 Å². The van der Waals surface area contributed by atoms with E-state index in [1.165, 1.54) is 0 Å². The predicted octanol–water partition coefficient (Wildman–Crippen LogP) is 2.34. The van der Waals surface area contributed by atoms with Crippen molar-refractivity contribution in [1.29, 1.82) is 0 Å². The number of hydrogen-bond acceptors (Lipinski definition) is 3. The van der Waals surface area contributed by atoms with E-state index in [0.717, 1.165) is 25.1 Å². The molecule has 110 valence electrons. The Labute approximate surface area is 119 Å². The van der Waals surface area contributed by atoms with Crippen LogP contribution in [0.2, 0.25) is 0 Å². The van der Waals surface area contributed by atoms with Gasteiger partial charge in [-0.25, -0.2) is 4.79 Å². The zero-order chi connectivity index (χ0) is 14.8. The summed E-state index contributed by atoms with van der Waals surface area (Å²) in [6.45, 7) is 6.46. The highest BCUT2D eigenvalue weighted by Crippen LogP contribution is 2.13. The molecule has 0 radical (unpaired) electrons. The number of hydrogen-bond donors (Lipinski definition) is 1. The molecule has 1 atom stereocenters. The maximum Gasteiger partial charge on any atom is 0.317 e. The van der Waals surface area contributed by atoms with Gasteiger partial charge in [-0.3, -0.25) is 4.79 Å². The molecule has 1 N–H and O–H groups in total. The zero-order valence-electron chi connectivity index (χ0n) is 12.0. The van der Waals surface area contributed by atoms with Gasteiger partial charge in [0.1, 0.15) is 0 Å². The molecule has 2 amide bonds. The molecule has 0 aromatic heterocycles.